The maximum Gasteiger partial charge on any atom is 0.323 e. The van der Waals surface area contributed by atoms with Crippen LogP contribution in [0.15, 0.2) is 60.7 Å². The number of carbonyl (C=O) groups is 3. The Labute approximate surface area is 228 Å². The summed E-state index contributed by atoms with van der Waals surface area (Å²) in [4.78, 5) is 39.3. The fourth-order valence-corrected chi connectivity index (χ4v) is 4.49. The molecule has 0 unspecified atom stereocenters. The molecule has 0 spiro atoms. The van der Waals surface area contributed by atoms with E-state index >= 15 is 0 Å². The lowest BCUT2D eigenvalue weighted by Gasteiger charge is -2.31. The molecule has 0 aromatic heterocycles. The zero-order valence-electron chi connectivity index (χ0n) is 22.5. The van der Waals surface area contributed by atoms with Gasteiger partial charge in [-0.2, -0.15) is 0 Å². The third-order valence-corrected chi connectivity index (χ3v) is 6.49. The molecule has 3 aromatic carbocycles. The Hall–Kier alpha value is -4.53. The van der Waals surface area contributed by atoms with Gasteiger partial charge in [-0.15, -0.1) is 0 Å². The fourth-order valence-electron chi connectivity index (χ4n) is 4.49. The number of aryl methyl sites for hydroxylation is 2. The summed E-state index contributed by atoms with van der Waals surface area (Å²) in [5, 5.41) is 9.01. The van der Waals surface area contributed by atoms with Crippen molar-refractivity contribution in [3.63, 3.8) is 0 Å². The molecule has 0 aliphatic carbocycles. The molecule has 9 nitrogen and oxygen atoms in total. The number of rotatable bonds is 9. The average molecular weight is 531 g/mol. The number of anilines is 4. The first kappa shape index (κ1) is 27.5. The zero-order valence-corrected chi connectivity index (χ0v) is 22.5. The Morgan fingerprint density at radius 2 is 1.74 bits per heavy atom. The van der Waals surface area contributed by atoms with E-state index in [-0.39, 0.29) is 24.3 Å². The highest BCUT2D eigenvalue weighted by Crippen LogP contribution is 2.32. The molecule has 3 aromatic rings. The fraction of sp³-hybridized carbons (Fsp3) is 0.300. The van der Waals surface area contributed by atoms with Gasteiger partial charge in [-0.05, 0) is 67.3 Å². The summed E-state index contributed by atoms with van der Waals surface area (Å²) in [6, 6.07) is 18.3. The minimum absolute atomic E-state index is 0.0444. The van der Waals surface area contributed by atoms with Crippen LogP contribution in [0.3, 0.4) is 0 Å². The molecule has 204 valence electrons. The minimum Gasteiger partial charge on any atom is -0.495 e. The van der Waals surface area contributed by atoms with Gasteiger partial charge in [0.1, 0.15) is 5.75 Å². The SMILES string of the molecule is CCOC(=O)CCc1ccc2c(c1)NCCN2C(=O)Cc1ccc(NC(=O)Nc2ccccc2C)c(OC)c1. The number of carbonyl (C=O) groups excluding carboxylic acids is 3. The van der Waals surface area contributed by atoms with Crippen molar-refractivity contribution in [2.75, 3.05) is 47.7 Å². The van der Waals surface area contributed by atoms with Crippen molar-refractivity contribution in [1.29, 1.82) is 0 Å². The van der Waals surface area contributed by atoms with Gasteiger partial charge in [0.25, 0.3) is 0 Å². The van der Waals surface area contributed by atoms with Crippen LogP contribution in [-0.2, 0) is 27.2 Å². The first-order valence-corrected chi connectivity index (χ1v) is 13.0. The van der Waals surface area contributed by atoms with E-state index in [0.717, 1.165) is 33.8 Å². The predicted molar refractivity (Wildman–Crippen MR) is 153 cm³/mol. The Morgan fingerprint density at radius 1 is 0.974 bits per heavy atom. The first-order chi connectivity index (χ1) is 18.9. The Balaban J connectivity index is 1.41. The van der Waals surface area contributed by atoms with Crippen LogP contribution in [0.25, 0.3) is 0 Å². The maximum atomic E-state index is 13.3. The van der Waals surface area contributed by atoms with E-state index < -0.39 is 0 Å². The number of hydrogen-bond acceptors (Lipinski definition) is 6. The molecule has 0 bridgehead atoms. The van der Waals surface area contributed by atoms with Crippen molar-refractivity contribution in [3.05, 3.63) is 77.4 Å². The van der Waals surface area contributed by atoms with E-state index in [0.29, 0.717) is 44.0 Å². The number of urea groups is 1. The molecule has 9 heteroatoms. The third-order valence-electron chi connectivity index (χ3n) is 6.49. The number of nitrogens with one attached hydrogen (secondary N) is 3. The highest BCUT2D eigenvalue weighted by Gasteiger charge is 2.23. The molecule has 0 saturated heterocycles. The smallest absolute Gasteiger partial charge is 0.323 e. The molecule has 3 N–H and O–H groups in total. The van der Waals surface area contributed by atoms with Crippen LogP contribution in [-0.4, -0.2) is 44.7 Å². The van der Waals surface area contributed by atoms with E-state index in [1.54, 1.807) is 24.0 Å². The van der Waals surface area contributed by atoms with Crippen molar-refractivity contribution in [2.45, 2.75) is 33.1 Å². The van der Waals surface area contributed by atoms with Crippen LogP contribution in [0.5, 0.6) is 5.75 Å². The van der Waals surface area contributed by atoms with Crippen LogP contribution in [0, 0.1) is 6.92 Å². The molecule has 1 heterocycles. The van der Waals surface area contributed by atoms with Gasteiger partial charge in [-0.1, -0.05) is 30.3 Å². The van der Waals surface area contributed by atoms with E-state index in [1.807, 2.05) is 55.5 Å². The topological polar surface area (TPSA) is 109 Å². The van der Waals surface area contributed by atoms with Crippen molar-refractivity contribution >= 4 is 40.7 Å². The molecule has 0 saturated carbocycles. The molecular formula is C30H34N4O5. The van der Waals surface area contributed by atoms with E-state index in [9.17, 15) is 14.4 Å². The molecule has 1 aliphatic rings. The number of ether oxygens (including phenoxy) is 2. The normalized spacial score (nSPS) is 12.1. The third kappa shape index (κ3) is 7.07. The van der Waals surface area contributed by atoms with Crippen LogP contribution < -0.4 is 25.6 Å². The van der Waals surface area contributed by atoms with Gasteiger partial charge in [0.15, 0.2) is 0 Å². The average Bonchev–Trinajstić information content (AvgIpc) is 2.93. The van der Waals surface area contributed by atoms with Gasteiger partial charge in [0.2, 0.25) is 5.91 Å². The standard InChI is InChI=1S/C30H34N4O5/c1-4-39-29(36)14-11-21-10-13-26-25(17-21)31-15-16-34(26)28(35)19-22-9-12-24(27(18-22)38-3)33-30(37)32-23-8-6-5-7-20(23)2/h5-10,12-13,17-18,31H,4,11,14-16,19H2,1-3H3,(H2,32,33,37). The van der Waals surface area contributed by atoms with Gasteiger partial charge in [-0.25, -0.2) is 4.79 Å². The Bertz CT molecular complexity index is 1360. The molecule has 4 rings (SSSR count). The van der Waals surface area contributed by atoms with Gasteiger partial charge >= 0.3 is 12.0 Å². The second-order valence-electron chi connectivity index (χ2n) is 9.23. The summed E-state index contributed by atoms with van der Waals surface area (Å²) >= 11 is 0. The summed E-state index contributed by atoms with van der Waals surface area (Å²) in [7, 11) is 1.53. The van der Waals surface area contributed by atoms with Crippen LogP contribution in [0.1, 0.15) is 30.0 Å². The van der Waals surface area contributed by atoms with Crippen molar-refractivity contribution in [2.24, 2.45) is 0 Å². The Morgan fingerprint density at radius 3 is 2.51 bits per heavy atom. The highest BCUT2D eigenvalue weighted by atomic mass is 16.5. The molecule has 39 heavy (non-hydrogen) atoms. The largest absolute Gasteiger partial charge is 0.495 e. The van der Waals surface area contributed by atoms with E-state index in [4.69, 9.17) is 9.47 Å². The zero-order chi connectivity index (χ0) is 27.8. The van der Waals surface area contributed by atoms with Gasteiger partial charge in [-0.3, -0.25) is 9.59 Å². The number of nitrogens with zero attached hydrogens (tertiary/aromatic N) is 1. The summed E-state index contributed by atoms with van der Waals surface area (Å²) in [6.45, 7) is 5.26. The quantitative estimate of drug-likeness (QED) is 0.331. The minimum atomic E-state index is -0.384. The number of hydrogen-bond donors (Lipinski definition) is 3. The lowest BCUT2D eigenvalue weighted by Crippen LogP contribution is -2.39. The number of fused-ring (bicyclic) bond motifs is 1. The number of amides is 3. The summed E-state index contributed by atoms with van der Waals surface area (Å²) in [6.07, 6.45) is 1.07. The molecule has 0 radical (unpaired) electrons. The predicted octanol–water partition coefficient (Wildman–Crippen LogP) is 5.14. The second-order valence-corrected chi connectivity index (χ2v) is 9.23. The van der Waals surface area contributed by atoms with E-state index in [1.165, 1.54) is 7.11 Å². The highest BCUT2D eigenvalue weighted by molar-refractivity contribution is 6.01. The summed E-state index contributed by atoms with van der Waals surface area (Å²) in [5.41, 5.74) is 5.63. The Kier molecular flexibility index (Phi) is 9.04. The van der Waals surface area contributed by atoms with Gasteiger partial charge in [0, 0.05) is 25.2 Å². The first-order valence-electron chi connectivity index (χ1n) is 13.0. The second kappa shape index (κ2) is 12.8. The number of methoxy groups -OCH3 is 1. The van der Waals surface area contributed by atoms with Gasteiger partial charge < -0.3 is 30.3 Å². The molecule has 1 aliphatic heterocycles. The van der Waals surface area contributed by atoms with Crippen molar-refractivity contribution in [1.82, 2.24) is 0 Å². The number of benzene rings is 3. The van der Waals surface area contributed by atoms with E-state index in [2.05, 4.69) is 16.0 Å². The summed E-state index contributed by atoms with van der Waals surface area (Å²) < 4.78 is 10.5. The van der Waals surface area contributed by atoms with Crippen molar-refractivity contribution in [3.8, 4) is 5.75 Å². The molecular weight excluding hydrogens is 496 g/mol. The van der Waals surface area contributed by atoms with Gasteiger partial charge in [0.05, 0.1) is 37.2 Å². The molecule has 0 atom stereocenters. The maximum absolute atomic E-state index is 13.3. The molecule has 3 amide bonds. The van der Waals surface area contributed by atoms with Crippen LogP contribution in [0.4, 0.5) is 27.5 Å². The number of para-hydroxylation sites is 1. The van der Waals surface area contributed by atoms with Crippen molar-refractivity contribution < 1.29 is 23.9 Å². The van der Waals surface area contributed by atoms with Crippen LogP contribution >= 0.6 is 0 Å². The summed E-state index contributed by atoms with van der Waals surface area (Å²) in [5.74, 6) is 0.202. The van der Waals surface area contributed by atoms with Crippen LogP contribution in [0.2, 0.25) is 0 Å². The number of esters is 1. The lowest BCUT2D eigenvalue weighted by molar-refractivity contribution is -0.143. The monoisotopic (exact) mass is 530 g/mol. The lowest BCUT2D eigenvalue weighted by atomic mass is 10.0. The molecule has 0 fully saturated rings.